The minimum absolute atomic E-state index is 0.217. The molecule has 0 aromatic carbocycles. The molecule has 4 nitrogen and oxygen atoms in total. The lowest BCUT2D eigenvalue weighted by Gasteiger charge is -2.20. The lowest BCUT2D eigenvalue weighted by Crippen LogP contribution is -2.45. The molecule has 12 heavy (non-hydrogen) atoms. The Morgan fingerprint density at radius 3 is 2.67 bits per heavy atom. The van der Waals surface area contributed by atoms with E-state index in [1.54, 1.807) is 0 Å². The van der Waals surface area contributed by atoms with Crippen molar-refractivity contribution in [2.24, 2.45) is 0 Å². The van der Waals surface area contributed by atoms with Gasteiger partial charge in [0.1, 0.15) is 5.16 Å². The number of halogens is 2. The predicted molar refractivity (Wildman–Crippen MR) is 51.2 cm³/mol. The zero-order valence-electron chi connectivity index (χ0n) is 5.97. The van der Waals surface area contributed by atoms with Crippen LogP contribution in [0.1, 0.15) is 0 Å². The molecule has 0 spiro atoms. The van der Waals surface area contributed by atoms with Crippen molar-refractivity contribution in [3.8, 4) is 0 Å². The van der Waals surface area contributed by atoms with Crippen LogP contribution in [-0.2, 0) is 10.0 Å². The molecule has 0 radical (unpaired) electrons. The van der Waals surface area contributed by atoms with Gasteiger partial charge in [0.15, 0.2) is 0 Å². The van der Waals surface area contributed by atoms with Gasteiger partial charge in [0.2, 0.25) is 0 Å². The number of hydrogen-bond acceptors (Lipinski definition) is 4. The summed E-state index contributed by atoms with van der Waals surface area (Å²) in [5.74, 6) is 0. The van der Waals surface area contributed by atoms with Crippen molar-refractivity contribution in [3.05, 3.63) is 10.6 Å². The Morgan fingerprint density at radius 2 is 2.33 bits per heavy atom. The van der Waals surface area contributed by atoms with Gasteiger partial charge in [0.05, 0.1) is 0 Å². The first-order chi connectivity index (χ1) is 5.41. The van der Waals surface area contributed by atoms with Crippen LogP contribution in [0, 0.1) is 0 Å². The van der Waals surface area contributed by atoms with E-state index in [1.165, 1.54) is 12.5 Å². The number of thioether (sulfide) groups is 1. The summed E-state index contributed by atoms with van der Waals surface area (Å²) in [5.41, 5.74) is 0. The highest BCUT2D eigenvalue weighted by Crippen LogP contribution is 2.40. The highest BCUT2D eigenvalue weighted by molar-refractivity contribution is 8.17. The maximum atomic E-state index is 11.3. The topological polar surface area (TPSA) is 58.2 Å². The van der Waals surface area contributed by atoms with Gasteiger partial charge in [-0.1, -0.05) is 35.0 Å². The van der Waals surface area contributed by atoms with Gasteiger partial charge in [-0.05, 0) is 7.05 Å². The first-order valence-electron chi connectivity index (χ1n) is 2.85. The number of alkyl halides is 1. The lowest BCUT2D eigenvalue weighted by molar-refractivity contribution is 0.576. The summed E-state index contributed by atoms with van der Waals surface area (Å²) in [7, 11) is -2.31. The summed E-state index contributed by atoms with van der Waals surface area (Å²) in [5, 5.41) is 4.08. The van der Waals surface area contributed by atoms with Crippen LogP contribution in [0.2, 0.25) is 0 Å². The van der Waals surface area contributed by atoms with E-state index in [2.05, 4.69) is 10.0 Å². The van der Waals surface area contributed by atoms with E-state index in [4.69, 9.17) is 23.2 Å². The monoisotopic (exact) mass is 248 g/mol. The molecule has 0 bridgehead atoms. The van der Waals surface area contributed by atoms with Crippen LogP contribution in [0.25, 0.3) is 0 Å². The Hall–Kier alpha value is 0.380. The summed E-state index contributed by atoms with van der Waals surface area (Å²) >= 11 is 12.1. The molecule has 1 rings (SSSR count). The average Bonchev–Trinajstić information content (AvgIpc) is 2.33. The van der Waals surface area contributed by atoms with Crippen molar-refractivity contribution in [1.82, 2.24) is 10.0 Å². The molecule has 0 saturated carbocycles. The second-order valence-corrected chi connectivity index (χ2v) is 6.74. The van der Waals surface area contributed by atoms with E-state index in [0.717, 1.165) is 11.8 Å². The molecule has 2 N–H and O–H groups in total. The molecule has 0 aromatic rings. The molecule has 0 fully saturated rings. The van der Waals surface area contributed by atoms with E-state index in [9.17, 15) is 8.42 Å². The van der Waals surface area contributed by atoms with Gasteiger partial charge in [0.25, 0.3) is 13.7 Å². The van der Waals surface area contributed by atoms with E-state index >= 15 is 0 Å². The van der Waals surface area contributed by atoms with E-state index in [1.807, 2.05) is 0 Å². The molecule has 0 amide bonds. The van der Waals surface area contributed by atoms with E-state index in [-0.39, 0.29) is 5.16 Å². The molecular weight excluding hydrogens is 243 g/mol. The van der Waals surface area contributed by atoms with Crippen molar-refractivity contribution >= 4 is 45.0 Å². The minimum Gasteiger partial charge on any atom is -0.335 e. The van der Waals surface area contributed by atoms with Crippen molar-refractivity contribution in [2.45, 2.75) is 3.66 Å². The lowest BCUT2D eigenvalue weighted by atomic mass is 11.0. The van der Waals surface area contributed by atoms with Gasteiger partial charge in [-0.15, -0.1) is 0 Å². The SMILES string of the molecule is CNS(=O)(=O)C1(Cl)NC(Cl)=CS1. The first kappa shape index (κ1) is 10.5. The molecule has 0 aromatic heterocycles. The maximum absolute atomic E-state index is 11.3. The summed E-state index contributed by atoms with van der Waals surface area (Å²) in [6.07, 6.45) is 0. The number of sulfonamides is 1. The van der Waals surface area contributed by atoms with Crippen LogP contribution >= 0.6 is 35.0 Å². The number of rotatable bonds is 2. The third kappa shape index (κ3) is 1.67. The highest BCUT2D eigenvalue weighted by atomic mass is 35.5. The molecule has 1 atom stereocenters. The molecule has 0 saturated heterocycles. The van der Waals surface area contributed by atoms with E-state index < -0.39 is 13.7 Å². The predicted octanol–water partition coefficient (Wildman–Crippen LogP) is 0.760. The van der Waals surface area contributed by atoms with Gasteiger partial charge in [0, 0.05) is 5.41 Å². The zero-order chi connectivity index (χ0) is 9.41. The van der Waals surface area contributed by atoms with Crippen LogP contribution in [0.4, 0.5) is 0 Å². The van der Waals surface area contributed by atoms with Crippen molar-refractivity contribution in [2.75, 3.05) is 7.05 Å². The second kappa shape index (κ2) is 3.26. The van der Waals surface area contributed by atoms with Crippen molar-refractivity contribution in [3.63, 3.8) is 0 Å². The van der Waals surface area contributed by atoms with Gasteiger partial charge in [-0.2, -0.15) is 0 Å². The average molecular weight is 249 g/mol. The normalized spacial score (nSPS) is 29.8. The number of nitrogens with one attached hydrogen (secondary N) is 2. The largest absolute Gasteiger partial charge is 0.335 e. The summed E-state index contributed by atoms with van der Waals surface area (Å²) < 4.78 is 23.0. The quantitative estimate of drug-likeness (QED) is 0.560. The minimum atomic E-state index is -3.60. The summed E-state index contributed by atoms with van der Waals surface area (Å²) in [6.45, 7) is 0. The molecule has 0 aliphatic carbocycles. The Morgan fingerprint density at radius 1 is 1.75 bits per heavy atom. The summed E-state index contributed by atoms with van der Waals surface area (Å²) in [4.78, 5) is 0. The zero-order valence-corrected chi connectivity index (χ0v) is 9.11. The fraction of sp³-hybridized carbons (Fsp3) is 0.500. The van der Waals surface area contributed by atoms with Crippen LogP contribution in [-0.4, -0.2) is 19.1 Å². The van der Waals surface area contributed by atoms with Gasteiger partial charge in [-0.3, -0.25) is 0 Å². The standard InChI is InChI=1S/C4H6Cl2N2O2S2/c1-7-12(9,10)4(6)8-3(5)2-11-4/h2,7-8H,1H3. The van der Waals surface area contributed by atoms with Gasteiger partial charge in [-0.25, -0.2) is 13.1 Å². The number of hydrogen-bond donors (Lipinski definition) is 2. The van der Waals surface area contributed by atoms with Gasteiger partial charge < -0.3 is 5.32 Å². The molecular formula is C4H6Cl2N2O2S2. The molecule has 8 heteroatoms. The van der Waals surface area contributed by atoms with E-state index in [0.29, 0.717) is 0 Å². The Bertz CT molecular complexity index is 315. The van der Waals surface area contributed by atoms with Crippen LogP contribution in [0.3, 0.4) is 0 Å². The molecule has 1 heterocycles. The van der Waals surface area contributed by atoms with Crippen molar-refractivity contribution in [1.29, 1.82) is 0 Å². The fourth-order valence-corrected chi connectivity index (χ4v) is 3.38. The second-order valence-electron chi connectivity index (χ2n) is 1.95. The summed E-state index contributed by atoms with van der Waals surface area (Å²) in [6, 6.07) is 0. The van der Waals surface area contributed by atoms with Crippen LogP contribution < -0.4 is 10.0 Å². The Kier molecular flexibility index (Phi) is 2.85. The molecule has 70 valence electrons. The first-order valence-corrected chi connectivity index (χ1v) is 5.97. The Labute approximate surface area is 84.7 Å². The van der Waals surface area contributed by atoms with Crippen LogP contribution in [0.5, 0.6) is 0 Å². The molecule has 1 aliphatic rings. The molecule has 1 unspecified atom stereocenters. The third-order valence-corrected chi connectivity index (χ3v) is 5.54. The molecule has 1 aliphatic heterocycles. The van der Waals surface area contributed by atoms with Crippen LogP contribution in [0.15, 0.2) is 10.6 Å². The smallest absolute Gasteiger partial charge is 0.281 e. The Balaban J connectivity index is 2.92. The highest BCUT2D eigenvalue weighted by Gasteiger charge is 2.45. The van der Waals surface area contributed by atoms with Gasteiger partial charge >= 0.3 is 0 Å². The third-order valence-electron chi connectivity index (χ3n) is 1.20. The maximum Gasteiger partial charge on any atom is 0.281 e. The fourth-order valence-electron chi connectivity index (χ4n) is 0.591. The van der Waals surface area contributed by atoms with Crippen molar-refractivity contribution < 1.29 is 8.42 Å².